The van der Waals surface area contributed by atoms with Gasteiger partial charge in [0.1, 0.15) is 0 Å². The van der Waals surface area contributed by atoms with Gasteiger partial charge >= 0.3 is 0 Å². The van der Waals surface area contributed by atoms with Crippen molar-refractivity contribution in [1.82, 2.24) is 10.0 Å². The minimum atomic E-state index is 0.577. The highest BCUT2D eigenvalue weighted by molar-refractivity contribution is 5.01. The molecule has 0 aliphatic rings. The van der Waals surface area contributed by atoms with E-state index >= 15 is 0 Å². The molecule has 0 atom stereocenters. The molecule has 72 valence electrons. The van der Waals surface area contributed by atoms with Crippen molar-refractivity contribution in [3.63, 3.8) is 0 Å². The molecular formula is C8H20N4. The van der Waals surface area contributed by atoms with Gasteiger partial charge in [0, 0.05) is 14.1 Å². The molecule has 0 bridgehead atoms. The number of hydrogen-bond acceptors (Lipinski definition) is 4. The maximum Gasteiger partial charge on any atom is 0.0737 e. The van der Waals surface area contributed by atoms with Gasteiger partial charge in [-0.15, -0.1) is 0 Å². The van der Waals surface area contributed by atoms with Crippen molar-refractivity contribution in [3.8, 4) is 11.8 Å². The summed E-state index contributed by atoms with van der Waals surface area (Å²) in [5.74, 6) is 16.3. The third kappa shape index (κ3) is 16.2. The molecule has 0 aromatic rings. The van der Waals surface area contributed by atoms with Crippen LogP contribution < -0.4 is 11.7 Å². The summed E-state index contributed by atoms with van der Waals surface area (Å²) in [6, 6.07) is 0. The highest BCUT2D eigenvalue weighted by Gasteiger charge is 1.82. The Morgan fingerprint density at radius 3 is 1.33 bits per heavy atom. The van der Waals surface area contributed by atoms with Gasteiger partial charge in [0.25, 0.3) is 0 Å². The minimum absolute atomic E-state index is 0.577. The molecule has 0 rings (SSSR count). The second kappa shape index (κ2) is 10.4. The predicted molar refractivity (Wildman–Crippen MR) is 52.8 cm³/mol. The van der Waals surface area contributed by atoms with E-state index in [1.165, 1.54) is 10.0 Å². The van der Waals surface area contributed by atoms with Crippen molar-refractivity contribution in [2.75, 3.05) is 27.2 Å². The first-order valence-electron chi connectivity index (χ1n) is 4.00. The summed E-state index contributed by atoms with van der Waals surface area (Å²) in [6.45, 7) is 5.15. The molecule has 0 radical (unpaired) electrons. The molecule has 0 aliphatic carbocycles. The number of hydrogen-bond donors (Lipinski definition) is 2. The Bertz CT molecular complexity index is 118. The van der Waals surface area contributed by atoms with Crippen LogP contribution in [0.2, 0.25) is 0 Å². The number of nitrogens with two attached hydrogens (primary N) is 2. The summed E-state index contributed by atoms with van der Waals surface area (Å²) in [6.07, 6.45) is 0. The average Bonchev–Trinajstić information content (AvgIpc) is 2.02. The smallest absolute Gasteiger partial charge is 0.0737 e. The first-order valence-corrected chi connectivity index (χ1v) is 4.00. The van der Waals surface area contributed by atoms with Crippen LogP contribution in [0.25, 0.3) is 0 Å². The molecule has 12 heavy (non-hydrogen) atoms. The molecule has 0 fully saturated rings. The molecule has 4 N–H and O–H groups in total. The van der Waals surface area contributed by atoms with Crippen LogP contribution in [0.4, 0.5) is 0 Å². The highest BCUT2D eigenvalue weighted by atomic mass is 15.4. The van der Waals surface area contributed by atoms with Crippen molar-refractivity contribution >= 4 is 0 Å². The maximum atomic E-state index is 5.30. The SMILES string of the molecule is CC.CN(N)CC#CCN(C)N. The highest BCUT2D eigenvalue weighted by Crippen LogP contribution is 1.67. The molecule has 0 aromatic heterocycles. The Balaban J connectivity index is 0. The lowest BCUT2D eigenvalue weighted by atomic mass is 10.5. The molecule has 0 saturated carbocycles. The summed E-state index contributed by atoms with van der Waals surface area (Å²) in [7, 11) is 3.53. The van der Waals surface area contributed by atoms with Gasteiger partial charge in [0.15, 0.2) is 0 Å². The number of nitrogens with zero attached hydrogens (tertiary/aromatic N) is 2. The minimum Gasteiger partial charge on any atom is -0.268 e. The second-order valence-corrected chi connectivity index (χ2v) is 2.18. The van der Waals surface area contributed by atoms with Crippen LogP contribution >= 0.6 is 0 Å². The van der Waals surface area contributed by atoms with Crippen LogP contribution in [0.3, 0.4) is 0 Å². The van der Waals surface area contributed by atoms with E-state index in [-0.39, 0.29) is 0 Å². The summed E-state index contributed by atoms with van der Waals surface area (Å²) in [5, 5.41) is 3.03. The van der Waals surface area contributed by atoms with E-state index in [9.17, 15) is 0 Å². The zero-order chi connectivity index (χ0) is 9.98. The third-order valence-corrected chi connectivity index (χ3v) is 0.782. The lowest BCUT2D eigenvalue weighted by Gasteiger charge is -2.03. The monoisotopic (exact) mass is 172 g/mol. The first-order chi connectivity index (χ1) is 5.63. The molecule has 0 aromatic carbocycles. The molecule has 4 heteroatoms. The van der Waals surface area contributed by atoms with Crippen LogP contribution in [-0.2, 0) is 0 Å². The van der Waals surface area contributed by atoms with Gasteiger partial charge in [-0.3, -0.25) is 11.7 Å². The lowest BCUT2D eigenvalue weighted by molar-refractivity contribution is 0.389. The Morgan fingerprint density at radius 1 is 0.917 bits per heavy atom. The zero-order valence-corrected chi connectivity index (χ0v) is 8.46. The molecule has 0 heterocycles. The zero-order valence-electron chi connectivity index (χ0n) is 8.46. The molecule has 4 nitrogen and oxygen atoms in total. The number of hydrazine groups is 2. The topological polar surface area (TPSA) is 58.5 Å². The normalized spacial score (nSPS) is 8.67. The van der Waals surface area contributed by atoms with Gasteiger partial charge in [-0.25, -0.2) is 10.0 Å². The summed E-state index contributed by atoms with van der Waals surface area (Å²) in [5.41, 5.74) is 0. The predicted octanol–water partition coefficient (Wildman–Crippen LogP) is -0.373. The van der Waals surface area contributed by atoms with E-state index in [1.54, 1.807) is 14.1 Å². The average molecular weight is 172 g/mol. The van der Waals surface area contributed by atoms with Gasteiger partial charge in [-0.2, -0.15) is 0 Å². The Hall–Kier alpha value is -0.600. The van der Waals surface area contributed by atoms with Crippen molar-refractivity contribution < 1.29 is 0 Å². The molecule has 0 amide bonds. The van der Waals surface area contributed by atoms with Crippen LogP contribution in [0.15, 0.2) is 0 Å². The molecular weight excluding hydrogens is 152 g/mol. The quantitative estimate of drug-likeness (QED) is 0.339. The largest absolute Gasteiger partial charge is 0.268 e. The Morgan fingerprint density at radius 2 is 1.17 bits per heavy atom. The van der Waals surface area contributed by atoms with Crippen LogP contribution in [0.1, 0.15) is 13.8 Å². The van der Waals surface area contributed by atoms with Crippen molar-refractivity contribution in [2.24, 2.45) is 11.7 Å². The molecule has 0 saturated heterocycles. The fourth-order valence-corrected chi connectivity index (χ4v) is 0.361. The fourth-order valence-electron chi connectivity index (χ4n) is 0.361. The first kappa shape index (κ1) is 14.0. The molecule has 0 spiro atoms. The second-order valence-electron chi connectivity index (χ2n) is 2.18. The molecule has 0 unspecified atom stereocenters. The van der Waals surface area contributed by atoms with Gasteiger partial charge in [0.2, 0.25) is 0 Å². The van der Waals surface area contributed by atoms with E-state index in [1.807, 2.05) is 13.8 Å². The standard InChI is InChI=1S/C6H14N4.C2H6/c1-9(7)5-3-4-6-10(2)8;1-2/h5-8H2,1-2H3;1-2H3. The van der Waals surface area contributed by atoms with E-state index in [0.29, 0.717) is 13.1 Å². The van der Waals surface area contributed by atoms with Crippen molar-refractivity contribution in [2.45, 2.75) is 13.8 Å². The van der Waals surface area contributed by atoms with E-state index in [4.69, 9.17) is 11.7 Å². The Labute approximate surface area is 75.4 Å². The van der Waals surface area contributed by atoms with Crippen LogP contribution in [0, 0.1) is 11.8 Å². The lowest BCUT2D eigenvalue weighted by Crippen LogP contribution is -2.27. The van der Waals surface area contributed by atoms with E-state index < -0.39 is 0 Å². The Kier molecular flexibility index (Phi) is 12.1. The van der Waals surface area contributed by atoms with E-state index in [0.717, 1.165) is 0 Å². The van der Waals surface area contributed by atoms with Gasteiger partial charge in [-0.1, -0.05) is 25.7 Å². The fraction of sp³-hybridized carbons (Fsp3) is 0.750. The summed E-state index contributed by atoms with van der Waals surface area (Å²) < 4.78 is 0. The van der Waals surface area contributed by atoms with Gasteiger partial charge in [-0.05, 0) is 0 Å². The van der Waals surface area contributed by atoms with Gasteiger partial charge in [0.05, 0.1) is 13.1 Å². The third-order valence-electron chi connectivity index (χ3n) is 0.782. The van der Waals surface area contributed by atoms with Crippen LogP contribution in [-0.4, -0.2) is 37.2 Å². The maximum absolute atomic E-state index is 5.30. The van der Waals surface area contributed by atoms with Gasteiger partial charge < -0.3 is 0 Å². The van der Waals surface area contributed by atoms with Crippen molar-refractivity contribution in [1.29, 1.82) is 0 Å². The number of rotatable bonds is 2. The van der Waals surface area contributed by atoms with Crippen molar-refractivity contribution in [3.05, 3.63) is 0 Å². The molecule has 0 aliphatic heterocycles. The van der Waals surface area contributed by atoms with E-state index in [2.05, 4.69) is 11.8 Å². The summed E-state index contributed by atoms with van der Waals surface area (Å²) in [4.78, 5) is 0. The summed E-state index contributed by atoms with van der Waals surface area (Å²) >= 11 is 0. The van der Waals surface area contributed by atoms with Crippen LogP contribution in [0.5, 0.6) is 0 Å².